The van der Waals surface area contributed by atoms with Crippen molar-refractivity contribution in [2.45, 2.75) is 6.10 Å². The lowest BCUT2D eigenvalue weighted by Crippen LogP contribution is -1.83. The zero-order valence-corrected chi connectivity index (χ0v) is 7.27. The Morgan fingerprint density at radius 3 is 2.82 bits per heavy atom. The summed E-state index contributed by atoms with van der Waals surface area (Å²) in [5, 5.41) is 0. The van der Waals surface area contributed by atoms with E-state index in [1.807, 2.05) is 0 Å². The van der Waals surface area contributed by atoms with Gasteiger partial charge in [-0.05, 0) is 17.7 Å². The zero-order chi connectivity index (χ0) is 7.84. The van der Waals surface area contributed by atoms with Crippen LogP contribution in [0.25, 0.3) is 0 Å². The molecule has 3 heteroatoms. The minimum Gasteiger partial charge on any atom is -0.368 e. The van der Waals surface area contributed by atoms with Gasteiger partial charge in [-0.15, -0.1) is 0 Å². The van der Waals surface area contributed by atoms with Gasteiger partial charge in [0.1, 0.15) is 11.9 Å². The third-order valence-corrected chi connectivity index (χ3v) is 2.33. The molecule has 0 aliphatic carbocycles. The largest absolute Gasteiger partial charge is 0.368 e. The molecule has 1 aromatic rings. The Kier molecular flexibility index (Phi) is 1.69. The Hall–Kier alpha value is -0.410. The van der Waals surface area contributed by atoms with Crippen LogP contribution in [0.1, 0.15) is 11.7 Å². The number of hydrogen-bond acceptors (Lipinski definition) is 1. The SMILES string of the molecule is Fc1ccc([C@@H]2CO2)c(Br)c1. The van der Waals surface area contributed by atoms with E-state index in [4.69, 9.17) is 4.74 Å². The Morgan fingerprint density at radius 1 is 1.55 bits per heavy atom. The van der Waals surface area contributed by atoms with E-state index in [2.05, 4.69) is 15.9 Å². The van der Waals surface area contributed by atoms with Crippen LogP contribution >= 0.6 is 15.9 Å². The molecule has 1 fully saturated rings. The van der Waals surface area contributed by atoms with Crippen LogP contribution in [0.3, 0.4) is 0 Å². The summed E-state index contributed by atoms with van der Waals surface area (Å²) in [6.07, 6.45) is 0.185. The summed E-state index contributed by atoms with van der Waals surface area (Å²) >= 11 is 3.27. The van der Waals surface area contributed by atoms with Gasteiger partial charge in [-0.2, -0.15) is 0 Å². The Balaban J connectivity index is 2.39. The average molecular weight is 217 g/mol. The maximum absolute atomic E-state index is 12.6. The lowest BCUT2D eigenvalue weighted by atomic mass is 10.2. The molecule has 1 heterocycles. The molecule has 2 rings (SSSR count). The van der Waals surface area contributed by atoms with E-state index >= 15 is 0 Å². The van der Waals surface area contributed by atoms with Crippen molar-refractivity contribution in [1.82, 2.24) is 0 Å². The van der Waals surface area contributed by atoms with Crippen LogP contribution < -0.4 is 0 Å². The van der Waals surface area contributed by atoms with Crippen molar-refractivity contribution in [3.05, 3.63) is 34.1 Å². The van der Waals surface area contributed by atoms with E-state index in [0.717, 1.165) is 16.6 Å². The van der Waals surface area contributed by atoms with Gasteiger partial charge in [0.2, 0.25) is 0 Å². The normalized spacial score (nSPS) is 21.8. The monoisotopic (exact) mass is 216 g/mol. The van der Waals surface area contributed by atoms with E-state index < -0.39 is 0 Å². The fraction of sp³-hybridized carbons (Fsp3) is 0.250. The second kappa shape index (κ2) is 2.57. The zero-order valence-electron chi connectivity index (χ0n) is 5.68. The summed E-state index contributed by atoms with van der Waals surface area (Å²) < 4.78 is 18.4. The second-order valence-electron chi connectivity index (χ2n) is 2.49. The highest BCUT2D eigenvalue weighted by atomic mass is 79.9. The summed E-state index contributed by atoms with van der Waals surface area (Å²) in [4.78, 5) is 0. The summed E-state index contributed by atoms with van der Waals surface area (Å²) in [6.45, 7) is 0.754. The van der Waals surface area contributed by atoms with Crippen LogP contribution in [-0.2, 0) is 4.74 Å². The van der Waals surface area contributed by atoms with Crippen LogP contribution in [0.5, 0.6) is 0 Å². The number of benzene rings is 1. The van der Waals surface area contributed by atoms with E-state index in [1.54, 1.807) is 6.07 Å². The molecular weight excluding hydrogens is 211 g/mol. The molecule has 1 saturated heterocycles. The van der Waals surface area contributed by atoms with Gasteiger partial charge in [-0.1, -0.05) is 22.0 Å². The third kappa shape index (κ3) is 1.44. The molecule has 1 aliphatic rings. The fourth-order valence-electron chi connectivity index (χ4n) is 0.990. The van der Waals surface area contributed by atoms with Crippen LogP contribution in [-0.4, -0.2) is 6.61 Å². The Bertz CT molecular complexity index is 283. The highest BCUT2D eigenvalue weighted by molar-refractivity contribution is 9.10. The molecule has 1 aliphatic heterocycles. The van der Waals surface area contributed by atoms with E-state index in [0.29, 0.717) is 0 Å². The number of epoxide rings is 1. The van der Waals surface area contributed by atoms with Gasteiger partial charge >= 0.3 is 0 Å². The summed E-state index contributed by atoms with van der Waals surface area (Å²) in [5.41, 5.74) is 1.03. The van der Waals surface area contributed by atoms with Crippen molar-refractivity contribution >= 4 is 15.9 Å². The van der Waals surface area contributed by atoms with E-state index in [9.17, 15) is 4.39 Å². The number of ether oxygens (including phenoxy) is 1. The van der Waals surface area contributed by atoms with Gasteiger partial charge in [0.15, 0.2) is 0 Å². The summed E-state index contributed by atoms with van der Waals surface area (Å²) in [5.74, 6) is -0.221. The molecule has 0 radical (unpaired) electrons. The second-order valence-corrected chi connectivity index (χ2v) is 3.34. The first kappa shape index (κ1) is 7.25. The lowest BCUT2D eigenvalue weighted by molar-refractivity contribution is 0.415. The molecule has 0 spiro atoms. The Morgan fingerprint density at radius 2 is 2.27 bits per heavy atom. The fourth-order valence-corrected chi connectivity index (χ4v) is 1.60. The van der Waals surface area contributed by atoms with Gasteiger partial charge in [-0.3, -0.25) is 0 Å². The minimum absolute atomic E-state index is 0.185. The first-order valence-corrected chi connectivity index (χ1v) is 4.13. The molecule has 0 saturated carbocycles. The predicted octanol–water partition coefficient (Wildman–Crippen LogP) is 2.66. The van der Waals surface area contributed by atoms with Gasteiger partial charge in [0.05, 0.1) is 6.61 Å². The van der Waals surface area contributed by atoms with Gasteiger partial charge < -0.3 is 4.74 Å². The number of hydrogen-bond donors (Lipinski definition) is 0. The van der Waals surface area contributed by atoms with Gasteiger partial charge in [-0.25, -0.2) is 4.39 Å². The number of halogens is 2. The molecule has 1 atom stereocenters. The first-order chi connectivity index (χ1) is 5.27. The smallest absolute Gasteiger partial charge is 0.124 e. The quantitative estimate of drug-likeness (QED) is 0.658. The standard InChI is InChI=1S/C8H6BrFO/c9-7-3-5(10)1-2-6(7)8-4-11-8/h1-3,8H,4H2/t8-/m0/s1. The van der Waals surface area contributed by atoms with Gasteiger partial charge in [0.25, 0.3) is 0 Å². The third-order valence-electron chi connectivity index (χ3n) is 1.64. The molecular formula is C8H6BrFO. The average Bonchev–Trinajstić information content (AvgIpc) is 2.70. The van der Waals surface area contributed by atoms with Crippen LogP contribution in [0, 0.1) is 5.82 Å². The molecule has 0 amide bonds. The molecule has 0 unspecified atom stereocenters. The molecule has 1 aromatic carbocycles. The molecule has 1 nitrogen and oxygen atoms in total. The maximum atomic E-state index is 12.6. The minimum atomic E-state index is -0.221. The highest BCUT2D eigenvalue weighted by Crippen LogP contribution is 2.34. The Labute approximate surface area is 72.3 Å². The maximum Gasteiger partial charge on any atom is 0.124 e. The molecule has 58 valence electrons. The number of rotatable bonds is 1. The molecule has 0 bridgehead atoms. The van der Waals surface area contributed by atoms with Crippen molar-refractivity contribution in [1.29, 1.82) is 0 Å². The van der Waals surface area contributed by atoms with Crippen molar-refractivity contribution in [2.75, 3.05) is 6.61 Å². The molecule has 0 N–H and O–H groups in total. The van der Waals surface area contributed by atoms with Crippen LogP contribution in [0.2, 0.25) is 0 Å². The van der Waals surface area contributed by atoms with Crippen molar-refractivity contribution < 1.29 is 9.13 Å². The topological polar surface area (TPSA) is 12.5 Å². The van der Waals surface area contributed by atoms with E-state index in [1.165, 1.54) is 12.1 Å². The van der Waals surface area contributed by atoms with Crippen LogP contribution in [0.15, 0.2) is 22.7 Å². The highest BCUT2D eigenvalue weighted by Gasteiger charge is 2.26. The first-order valence-electron chi connectivity index (χ1n) is 3.34. The predicted molar refractivity (Wildman–Crippen MR) is 42.8 cm³/mol. The van der Waals surface area contributed by atoms with Crippen molar-refractivity contribution in [2.24, 2.45) is 0 Å². The molecule has 11 heavy (non-hydrogen) atoms. The molecule has 0 aromatic heterocycles. The van der Waals surface area contributed by atoms with Crippen LogP contribution in [0.4, 0.5) is 4.39 Å². The van der Waals surface area contributed by atoms with Crippen molar-refractivity contribution in [3.8, 4) is 0 Å². The van der Waals surface area contributed by atoms with Crippen molar-refractivity contribution in [3.63, 3.8) is 0 Å². The van der Waals surface area contributed by atoms with Gasteiger partial charge in [0, 0.05) is 4.47 Å². The summed E-state index contributed by atoms with van der Waals surface area (Å²) in [7, 11) is 0. The summed E-state index contributed by atoms with van der Waals surface area (Å²) in [6, 6.07) is 4.65. The lowest BCUT2D eigenvalue weighted by Gasteiger charge is -1.98. The van der Waals surface area contributed by atoms with E-state index in [-0.39, 0.29) is 11.9 Å².